The summed E-state index contributed by atoms with van der Waals surface area (Å²) in [5.74, 6) is 0.254. The highest BCUT2D eigenvalue weighted by molar-refractivity contribution is 9.10. The van der Waals surface area contributed by atoms with E-state index in [0.717, 1.165) is 0 Å². The zero-order valence-electron chi connectivity index (χ0n) is 7.57. The Morgan fingerprint density at radius 3 is 3.00 bits per heavy atom. The van der Waals surface area contributed by atoms with Gasteiger partial charge in [-0.25, -0.2) is 9.78 Å². The zero-order chi connectivity index (χ0) is 9.97. The summed E-state index contributed by atoms with van der Waals surface area (Å²) in [6, 6.07) is 5.20. The molecule has 1 aliphatic carbocycles. The van der Waals surface area contributed by atoms with Gasteiger partial charge in [-0.1, -0.05) is 6.07 Å². The van der Waals surface area contributed by atoms with E-state index in [2.05, 4.69) is 20.9 Å². The van der Waals surface area contributed by atoms with E-state index in [1.807, 2.05) is 0 Å². The summed E-state index contributed by atoms with van der Waals surface area (Å²) in [5.41, 5.74) is 0.361. The van der Waals surface area contributed by atoms with Crippen molar-refractivity contribution < 1.29 is 9.53 Å². The Morgan fingerprint density at radius 1 is 1.57 bits per heavy atom. The van der Waals surface area contributed by atoms with Crippen molar-refractivity contribution in [1.29, 1.82) is 0 Å². The van der Waals surface area contributed by atoms with Crippen molar-refractivity contribution in [2.45, 2.75) is 12.8 Å². The van der Waals surface area contributed by atoms with E-state index in [4.69, 9.17) is 4.74 Å². The van der Waals surface area contributed by atoms with Crippen LogP contribution in [0.1, 0.15) is 23.3 Å². The molecule has 1 fully saturated rings. The first kappa shape index (κ1) is 9.65. The van der Waals surface area contributed by atoms with Crippen LogP contribution in [0.2, 0.25) is 0 Å². The van der Waals surface area contributed by atoms with Gasteiger partial charge in [0.2, 0.25) is 0 Å². The molecule has 1 heterocycles. The molecule has 0 unspecified atom stereocenters. The average Bonchev–Trinajstić information content (AvgIpc) is 2.97. The molecule has 2 rings (SSSR count). The van der Waals surface area contributed by atoms with Gasteiger partial charge in [0.15, 0.2) is 0 Å². The Morgan fingerprint density at radius 2 is 2.36 bits per heavy atom. The summed E-state index contributed by atoms with van der Waals surface area (Å²) in [5, 5.41) is 0. The standard InChI is InChI=1S/C10H10BrNO2/c11-9-3-1-2-8(12-9)10(13)14-6-7-4-5-7/h1-3,7H,4-6H2. The molecule has 0 aromatic carbocycles. The first-order chi connectivity index (χ1) is 6.75. The van der Waals surface area contributed by atoms with Crippen molar-refractivity contribution in [1.82, 2.24) is 4.98 Å². The maximum Gasteiger partial charge on any atom is 0.356 e. The molecular formula is C10H10BrNO2. The van der Waals surface area contributed by atoms with Crippen LogP contribution in [0, 0.1) is 5.92 Å². The highest BCUT2D eigenvalue weighted by Crippen LogP contribution is 2.29. The van der Waals surface area contributed by atoms with Crippen LogP contribution in [-0.2, 0) is 4.74 Å². The predicted molar refractivity (Wildman–Crippen MR) is 54.9 cm³/mol. The summed E-state index contributed by atoms with van der Waals surface area (Å²) in [6.45, 7) is 0.535. The molecule has 1 saturated carbocycles. The van der Waals surface area contributed by atoms with Crippen LogP contribution in [0.25, 0.3) is 0 Å². The lowest BCUT2D eigenvalue weighted by molar-refractivity contribution is 0.0479. The number of hydrogen-bond donors (Lipinski definition) is 0. The minimum absolute atomic E-state index is 0.335. The van der Waals surface area contributed by atoms with Crippen LogP contribution in [0.4, 0.5) is 0 Å². The molecule has 0 spiro atoms. The lowest BCUT2D eigenvalue weighted by Gasteiger charge is -2.02. The predicted octanol–water partition coefficient (Wildman–Crippen LogP) is 2.41. The second kappa shape index (κ2) is 4.09. The number of ether oxygens (including phenoxy) is 1. The maximum atomic E-state index is 11.4. The summed E-state index contributed by atoms with van der Waals surface area (Å²) >= 11 is 3.20. The summed E-state index contributed by atoms with van der Waals surface area (Å²) in [4.78, 5) is 15.4. The van der Waals surface area contributed by atoms with E-state index in [9.17, 15) is 4.79 Å². The third-order valence-electron chi connectivity index (χ3n) is 2.07. The SMILES string of the molecule is O=C(OCC1CC1)c1cccc(Br)n1. The lowest BCUT2D eigenvalue weighted by Crippen LogP contribution is -2.09. The number of hydrogen-bond acceptors (Lipinski definition) is 3. The number of esters is 1. The molecule has 0 radical (unpaired) electrons. The van der Waals surface area contributed by atoms with Crippen LogP contribution in [-0.4, -0.2) is 17.6 Å². The summed E-state index contributed by atoms with van der Waals surface area (Å²) in [7, 11) is 0. The van der Waals surface area contributed by atoms with Gasteiger partial charge in [0, 0.05) is 0 Å². The second-order valence-electron chi connectivity index (χ2n) is 3.39. The van der Waals surface area contributed by atoms with Gasteiger partial charge in [-0.2, -0.15) is 0 Å². The molecule has 0 atom stereocenters. The Balaban J connectivity index is 1.95. The van der Waals surface area contributed by atoms with E-state index in [-0.39, 0.29) is 5.97 Å². The monoisotopic (exact) mass is 255 g/mol. The van der Waals surface area contributed by atoms with Crippen LogP contribution in [0.3, 0.4) is 0 Å². The fourth-order valence-electron chi connectivity index (χ4n) is 1.07. The Labute approximate surface area is 90.6 Å². The van der Waals surface area contributed by atoms with Crippen LogP contribution < -0.4 is 0 Å². The summed E-state index contributed by atoms with van der Waals surface area (Å²) in [6.07, 6.45) is 2.36. The fourth-order valence-corrected chi connectivity index (χ4v) is 1.42. The maximum absolute atomic E-state index is 11.4. The van der Waals surface area contributed by atoms with Crippen molar-refractivity contribution >= 4 is 21.9 Å². The Kier molecular flexibility index (Phi) is 2.82. The molecule has 0 bridgehead atoms. The van der Waals surface area contributed by atoms with Crippen LogP contribution in [0.5, 0.6) is 0 Å². The van der Waals surface area contributed by atoms with Crippen molar-refractivity contribution in [2.24, 2.45) is 5.92 Å². The molecule has 4 heteroatoms. The molecule has 0 saturated heterocycles. The lowest BCUT2D eigenvalue weighted by atomic mass is 10.3. The molecule has 0 amide bonds. The number of pyridine rings is 1. The number of rotatable bonds is 3. The average molecular weight is 256 g/mol. The van der Waals surface area contributed by atoms with E-state index >= 15 is 0 Å². The molecule has 3 nitrogen and oxygen atoms in total. The summed E-state index contributed by atoms with van der Waals surface area (Å²) < 4.78 is 5.74. The number of carbonyl (C=O) groups is 1. The topological polar surface area (TPSA) is 39.2 Å². The molecule has 74 valence electrons. The van der Waals surface area contributed by atoms with Crippen molar-refractivity contribution in [3.05, 3.63) is 28.5 Å². The first-order valence-corrected chi connectivity index (χ1v) is 5.34. The molecule has 14 heavy (non-hydrogen) atoms. The van der Waals surface area contributed by atoms with Crippen LogP contribution >= 0.6 is 15.9 Å². The number of aromatic nitrogens is 1. The fraction of sp³-hybridized carbons (Fsp3) is 0.400. The third-order valence-corrected chi connectivity index (χ3v) is 2.51. The smallest absolute Gasteiger partial charge is 0.356 e. The number of carbonyl (C=O) groups excluding carboxylic acids is 1. The van der Waals surface area contributed by atoms with Gasteiger partial charge in [0.1, 0.15) is 10.3 Å². The van der Waals surface area contributed by atoms with Crippen molar-refractivity contribution in [2.75, 3.05) is 6.61 Å². The van der Waals surface area contributed by atoms with Gasteiger partial charge in [-0.05, 0) is 46.8 Å². The van der Waals surface area contributed by atoms with Gasteiger partial charge in [0.25, 0.3) is 0 Å². The van der Waals surface area contributed by atoms with Gasteiger partial charge in [0.05, 0.1) is 6.61 Å². The molecule has 1 aromatic heterocycles. The normalized spacial score (nSPS) is 15.2. The minimum atomic E-state index is -0.335. The second-order valence-corrected chi connectivity index (χ2v) is 4.20. The van der Waals surface area contributed by atoms with E-state index < -0.39 is 0 Å². The van der Waals surface area contributed by atoms with Crippen molar-refractivity contribution in [3.63, 3.8) is 0 Å². The largest absolute Gasteiger partial charge is 0.461 e. The van der Waals surface area contributed by atoms with Crippen LogP contribution in [0.15, 0.2) is 22.8 Å². The van der Waals surface area contributed by atoms with Gasteiger partial charge < -0.3 is 4.74 Å². The molecular weight excluding hydrogens is 246 g/mol. The van der Waals surface area contributed by atoms with E-state index in [0.29, 0.717) is 22.8 Å². The van der Waals surface area contributed by atoms with Gasteiger partial charge in [-0.15, -0.1) is 0 Å². The van der Waals surface area contributed by atoms with Gasteiger partial charge in [-0.3, -0.25) is 0 Å². The third kappa shape index (κ3) is 2.54. The molecule has 1 aliphatic rings. The zero-order valence-corrected chi connectivity index (χ0v) is 9.16. The Hall–Kier alpha value is -0.900. The van der Waals surface area contributed by atoms with Gasteiger partial charge >= 0.3 is 5.97 Å². The number of nitrogens with zero attached hydrogens (tertiary/aromatic N) is 1. The van der Waals surface area contributed by atoms with E-state index in [1.165, 1.54) is 12.8 Å². The van der Waals surface area contributed by atoms with E-state index in [1.54, 1.807) is 18.2 Å². The highest BCUT2D eigenvalue weighted by atomic mass is 79.9. The molecule has 1 aromatic rings. The minimum Gasteiger partial charge on any atom is -0.461 e. The quantitative estimate of drug-likeness (QED) is 0.615. The first-order valence-electron chi connectivity index (χ1n) is 4.55. The molecule has 0 N–H and O–H groups in total. The Bertz CT molecular complexity index is 350. The highest BCUT2D eigenvalue weighted by Gasteiger charge is 2.23. The number of halogens is 1. The molecule has 0 aliphatic heterocycles. The van der Waals surface area contributed by atoms with Crippen molar-refractivity contribution in [3.8, 4) is 0 Å².